The molecule has 2 aromatic rings. The van der Waals surface area contributed by atoms with Gasteiger partial charge >= 0.3 is 0 Å². The molecular weight excluding hydrogens is 316 g/mol. The van der Waals surface area contributed by atoms with E-state index >= 15 is 0 Å². The minimum atomic E-state index is 0.137. The summed E-state index contributed by atoms with van der Waals surface area (Å²) in [6, 6.07) is 12.9. The Hall–Kier alpha value is -2.40. The molecule has 0 N–H and O–H groups in total. The fourth-order valence-electron chi connectivity index (χ4n) is 4.02. The predicted octanol–water partition coefficient (Wildman–Crippen LogP) is 5.97. The maximum absolute atomic E-state index is 9.29. The zero-order valence-electron chi connectivity index (χ0n) is 16.8. The topological polar surface area (TPSA) is 36.1 Å². The molecular formula is C24H28N2. The van der Waals surface area contributed by atoms with Gasteiger partial charge in [-0.3, -0.25) is 0 Å². The van der Waals surface area contributed by atoms with Crippen molar-refractivity contribution >= 4 is 5.71 Å². The normalized spacial score (nSPS) is 18.1. The first-order chi connectivity index (χ1) is 12.2. The summed E-state index contributed by atoms with van der Waals surface area (Å²) in [5, 5.41) is 9.29. The summed E-state index contributed by atoms with van der Waals surface area (Å²) in [6.45, 7) is 13.5. The molecule has 0 spiro atoms. The van der Waals surface area contributed by atoms with Crippen LogP contribution >= 0.6 is 0 Å². The SMILES string of the molecule is Cc1ccc(C(=NC#N)c2cc3c(cc2C)C(C)(C)CCC3(C)C)cc1. The molecule has 0 saturated heterocycles. The minimum Gasteiger partial charge on any atom is -0.172 e. The third-order valence-corrected chi connectivity index (χ3v) is 5.94. The first-order valence-electron chi connectivity index (χ1n) is 9.35. The highest BCUT2D eigenvalue weighted by Gasteiger charge is 2.37. The third-order valence-electron chi connectivity index (χ3n) is 5.94. The second-order valence-electron chi connectivity index (χ2n) is 8.91. The molecule has 0 aromatic heterocycles. The van der Waals surface area contributed by atoms with E-state index in [0.29, 0.717) is 0 Å². The van der Waals surface area contributed by atoms with Crippen LogP contribution in [0, 0.1) is 25.3 Å². The van der Waals surface area contributed by atoms with Crippen molar-refractivity contribution in [3.63, 3.8) is 0 Å². The Morgan fingerprint density at radius 1 is 0.923 bits per heavy atom. The van der Waals surface area contributed by atoms with Crippen molar-refractivity contribution in [3.05, 3.63) is 69.8 Å². The van der Waals surface area contributed by atoms with Gasteiger partial charge in [0.25, 0.3) is 0 Å². The van der Waals surface area contributed by atoms with Crippen molar-refractivity contribution < 1.29 is 0 Å². The second kappa shape index (κ2) is 6.40. The van der Waals surface area contributed by atoms with E-state index < -0.39 is 0 Å². The Bertz CT molecular complexity index is 906. The molecule has 0 radical (unpaired) electrons. The molecule has 134 valence electrons. The number of rotatable bonds is 2. The van der Waals surface area contributed by atoms with E-state index in [2.05, 4.69) is 82.9 Å². The van der Waals surface area contributed by atoms with Crippen molar-refractivity contribution in [2.45, 2.75) is 65.2 Å². The van der Waals surface area contributed by atoms with Crippen molar-refractivity contribution in [2.75, 3.05) is 0 Å². The molecule has 2 nitrogen and oxygen atoms in total. The summed E-state index contributed by atoms with van der Waals surface area (Å²) in [5.41, 5.74) is 8.38. The van der Waals surface area contributed by atoms with Crippen LogP contribution in [0.15, 0.2) is 41.4 Å². The summed E-state index contributed by atoms with van der Waals surface area (Å²) in [4.78, 5) is 4.21. The van der Waals surface area contributed by atoms with Gasteiger partial charge in [0.1, 0.15) is 0 Å². The molecule has 0 bridgehead atoms. The van der Waals surface area contributed by atoms with Crippen LogP contribution in [0.1, 0.15) is 73.9 Å². The standard InChI is InChI=1S/C24H28N2/c1-16-7-9-18(10-8-16)22(26-15-25)19-14-21-20(13-17(19)2)23(3,4)11-12-24(21,5)6/h7-10,13-14H,11-12H2,1-6H3. The first-order valence-corrected chi connectivity index (χ1v) is 9.35. The van der Waals surface area contributed by atoms with Gasteiger partial charge in [0.15, 0.2) is 0 Å². The first kappa shape index (κ1) is 18.4. The molecule has 0 heterocycles. The van der Waals surface area contributed by atoms with Crippen LogP contribution in [0.4, 0.5) is 0 Å². The molecule has 1 aliphatic rings. The van der Waals surface area contributed by atoms with E-state index in [-0.39, 0.29) is 10.8 Å². The maximum atomic E-state index is 9.29. The van der Waals surface area contributed by atoms with Crippen molar-refractivity contribution in [3.8, 4) is 6.19 Å². The van der Waals surface area contributed by atoms with Crippen molar-refractivity contribution in [1.29, 1.82) is 5.26 Å². The smallest absolute Gasteiger partial charge is 0.172 e. The Morgan fingerprint density at radius 2 is 1.46 bits per heavy atom. The molecule has 26 heavy (non-hydrogen) atoms. The highest BCUT2D eigenvalue weighted by Crippen LogP contribution is 2.46. The van der Waals surface area contributed by atoms with E-state index in [4.69, 9.17) is 0 Å². The van der Waals surface area contributed by atoms with Gasteiger partial charge in [0, 0.05) is 11.1 Å². The molecule has 0 amide bonds. The maximum Gasteiger partial charge on any atom is 0.206 e. The fourth-order valence-corrected chi connectivity index (χ4v) is 4.02. The van der Waals surface area contributed by atoms with Gasteiger partial charge < -0.3 is 0 Å². The van der Waals surface area contributed by atoms with Crippen LogP contribution in [0.25, 0.3) is 0 Å². The van der Waals surface area contributed by atoms with E-state index in [1.807, 2.05) is 6.19 Å². The average Bonchev–Trinajstić information content (AvgIpc) is 2.58. The zero-order valence-corrected chi connectivity index (χ0v) is 16.8. The molecule has 0 atom stereocenters. The number of nitrogens with zero attached hydrogens (tertiary/aromatic N) is 2. The average molecular weight is 345 g/mol. The van der Waals surface area contributed by atoms with Gasteiger partial charge in [-0.1, -0.05) is 63.6 Å². The summed E-state index contributed by atoms with van der Waals surface area (Å²) in [5.74, 6) is 0. The number of nitriles is 1. The Labute approximate surface area is 157 Å². The van der Waals surface area contributed by atoms with Gasteiger partial charge in [-0.25, -0.2) is 0 Å². The quantitative estimate of drug-likeness (QED) is 0.488. The van der Waals surface area contributed by atoms with Crippen LogP contribution in [-0.2, 0) is 10.8 Å². The molecule has 2 aromatic carbocycles. The number of aliphatic imine (C=N–C) groups is 1. The van der Waals surface area contributed by atoms with Gasteiger partial charge in [0.05, 0.1) is 5.71 Å². The van der Waals surface area contributed by atoms with E-state index in [9.17, 15) is 5.26 Å². The summed E-state index contributed by atoms with van der Waals surface area (Å²) in [6.07, 6.45) is 4.38. The lowest BCUT2D eigenvalue weighted by atomic mass is 9.62. The van der Waals surface area contributed by atoms with E-state index in [1.54, 1.807) is 0 Å². The van der Waals surface area contributed by atoms with Gasteiger partial charge in [-0.05, 0) is 60.3 Å². The summed E-state index contributed by atoms with van der Waals surface area (Å²) < 4.78 is 0. The lowest BCUT2D eigenvalue weighted by Crippen LogP contribution is -2.34. The van der Waals surface area contributed by atoms with Gasteiger partial charge in [-0.15, -0.1) is 0 Å². The number of hydrogen-bond acceptors (Lipinski definition) is 2. The molecule has 0 unspecified atom stereocenters. The number of benzene rings is 2. The molecule has 0 saturated carbocycles. The molecule has 2 heteroatoms. The largest absolute Gasteiger partial charge is 0.206 e. The minimum absolute atomic E-state index is 0.137. The van der Waals surface area contributed by atoms with E-state index in [1.165, 1.54) is 35.1 Å². The van der Waals surface area contributed by atoms with Gasteiger partial charge in [0.2, 0.25) is 6.19 Å². The monoisotopic (exact) mass is 344 g/mol. The third kappa shape index (κ3) is 3.19. The Morgan fingerprint density at radius 3 is 2.00 bits per heavy atom. The van der Waals surface area contributed by atoms with Gasteiger partial charge in [-0.2, -0.15) is 10.3 Å². The molecule has 0 aliphatic heterocycles. The Balaban J connectivity index is 2.23. The lowest BCUT2D eigenvalue weighted by Gasteiger charge is -2.42. The van der Waals surface area contributed by atoms with Crippen LogP contribution in [0.5, 0.6) is 0 Å². The van der Waals surface area contributed by atoms with Crippen LogP contribution < -0.4 is 0 Å². The Kier molecular flexibility index (Phi) is 4.53. The van der Waals surface area contributed by atoms with Crippen molar-refractivity contribution in [2.24, 2.45) is 4.99 Å². The lowest BCUT2D eigenvalue weighted by molar-refractivity contribution is 0.331. The second-order valence-corrected chi connectivity index (χ2v) is 8.91. The number of hydrogen-bond donors (Lipinski definition) is 0. The molecule has 1 aliphatic carbocycles. The predicted molar refractivity (Wildman–Crippen MR) is 109 cm³/mol. The van der Waals surface area contributed by atoms with Crippen LogP contribution in [-0.4, -0.2) is 5.71 Å². The summed E-state index contributed by atoms with van der Waals surface area (Å²) in [7, 11) is 0. The molecule has 3 rings (SSSR count). The van der Waals surface area contributed by atoms with Crippen LogP contribution in [0.3, 0.4) is 0 Å². The van der Waals surface area contributed by atoms with E-state index in [0.717, 1.165) is 16.8 Å². The number of fused-ring (bicyclic) bond motifs is 1. The highest BCUT2D eigenvalue weighted by atomic mass is 14.7. The highest BCUT2D eigenvalue weighted by molar-refractivity contribution is 6.14. The fraction of sp³-hybridized carbons (Fsp3) is 0.417. The zero-order chi connectivity index (χ0) is 19.1. The number of aryl methyl sites for hydroxylation is 2. The van der Waals surface area contributed by atoms with Crippen LogP contribution in [0.2, 0.25) is 0 Å². The summed E-state index contributed by atoms with van der Waals surface area (Å²) >= 11 is 0. The molecule has 0 fully saturated rings. The van der Waals surface area contributed by atoms with Crippen molar-refractivity contribution in [1.82, 2.24) is 0 Å².